The molecule has 0 saturated heterocycles. The van der Waals surface area contributed by atoms with E-state index in [2.05, 4.69) is 52.6 Å². The summed E-state index contributed by atoms with van der Waals surface area (Å²) in [4.78, 5) is 16.4. The van der Waals surface area contributed by atoms with E-state index < -0.39 is 0 Å². The standard InChI is InChI=1S/C24H39NO2/c1-7-8-9-10-13-23(3,4)20-15-19-21(22(26)25-20)17-14-16(2)11-12-18(17)24(5,6)27-19/h15-18H,7-14H2,1-6H3,(H,25,26)/t16-,17-,18?/m0/s1. The Labute approximate surface area is 165 Å². The minimum absolute atomic E-state index is 0.0356. The van der Waals surface area contributed by atoms with Crippen LogP contribution in [0, 0.1) is 11.8 Å². The molecular weight excluding hydrogens is 334 g/mol. The molecule has 0 bridgehead atoms. The van der Waals surface area contributed by atoms with Crippen molar-refractivity contribution in [1.82, 2.24) is 4.98 Å². The van der Waals surface area contributed by atoms with Gasteiger partial charge in [-0.1, -0.05) is 59.8 Å². The predicted octanol–water partition coefficient (Wildman–Crippen LogP) is 6.31. The number of hydrogen-bond donors (Lipinski definition) is 1. The molecule has 2 aliphatic rings. The molecule has 0 amide bonds. The molecule has 1 aliphatic carbocycles. The maximum absolute atomic E-state index is 13.1. The summed E-state index contributed by atoms with van der Waals surface area (Å²) in [5.74, 6) is 2.30. The number of pyridine rings is 1. The molecule has 1 aromatic heterocycles. The van der Waals surface area contributed by atoms with Crippen LogP contribution in [0.25, 0.3) is 0 Å². The van der Waals surface area contributed by atoms with E-state index in [1.54, 1.807) is 0 Å². The SMILES string of the molecule is CCCCCCC(C)(C)c1cc2c(c(=O)[nH]1)[C@H]1C[C@@H](C)CCC1C(C)(C)O2. The predicted molar refractivity (Wildman–Crippen MR) is 113 cm³/mol. The van der Waals surface area contributed by atoms with Crippen LogP contribution in [0.15, 0.2) is 10.9 Å². The number of hydrogen-bond acceptors (Lipinski definition) is 2. The van der Waals surface area contributed by atoms with Gasteiger partial charge in [0.15, 0.2) is 0 Å². The van der Waals surface area contributed by atoms with Gasteiger partial charge in [-0.3, -0.25) is 4.79 Å². The van der Waals surface area contributed by atoms with Gasteiger partial charge >= 0.3 is 0 Å². The Kier molecular flexibility index (Phi) is 5.80. The van der Waals surface area contributed by atoms with E-state index in [0.717, 1.165) is 36.3 Å². The van der Waals surface area contributed by atoms with E-state index in [9.17, 15) is 4.79 Å². The van der Waals surface area contributed by atoms with Crippen molar-refractivity contribution in [3.8, 4) is 5.75 Å². The first-order chi connectivity index (χ1) is 12.7. The summed E-state index contributed by atoms with van der Waals surface area (Å²) < 4.78 is 6.46. The van der Waals surface area contributed by atoms with Crippen LogP contribution in [0.2, 0.25) is 0 Å². The van der Waals surface area contributed by atoms with Crippen molar-refractivity contribution >= 4 is 0 Å². The Hall–Kier alpha value is -1.25. The van der Waals surface area contributed by atoms with Gasteiger partial charge in [0.05, 0.1) is 5.56 Å². The van der Waals surface area contributed by atoms with Crippen LogP contribution in [0.3, 0.4) is 0 Å². The molecule has 27 heavy (non-hydrogen) atoms. The largest absolute Gasteiger partial charge is 0.487 e. The zero-order valence-corrected chi connectivity index (χ0v) is 18.3. The second kappa shape index (κ2) is 7.64. The highest BCUT2D eigenvalue weighted by molar-refractivity contribution is 5.41. The number of fused-ring (bicyclic) bond motifs is 3. The van der Waals surface area contributed by atoms with Crippen LogP contribution >= 0.6 is 0 Å². The first-order valence-corrected chi connectivity index (χ1v) is 11.1. The minimum atomic E-state index is -0.200. The summed E-state index contributed by atoms with van der Waals surface area (Å²) in [7, 11) is 0. The third kappa shape index (κ3) is 4.12. The number of H-pyrrole nitrogens is 1. The smallest absolute Gasteiger partial charge is 0.255 e. The summed E-state index contributed by atoms with van der Waals surface area (Å²) in [5.41, 5.74) is 1.79. The highest BCUT2D eigenvalue weighted by atomic mass is 16.5. The average molecular weight is 374 g/mol. The quantitative estimate of drug-likeness (QED) is 0.593. The summed E-state index contributed by atoms with van der Waals surface area (Å²) in [6.07, 6.45) is 9.60. The van der Waals surface area contributed by atoms with E-state index in [-0.39, 0.29) is 16.6 Å². The summed E-state index contributed by atoms with van der Waals surface area (Å²) in [6, 6.07) is 2.15. The number of aromatic nitrogens is 1. The maximum Gasteiger partial charge on any atom is 0.255 e. The zero-order chi connectivity index (χ0) is 19.8. The fourth-order valence-electron chi connectivity index (χ4n) is 5.37. The van der Waals surface area contributed by atoms with Gasteiger partial charge in [-0.05, 0) is 44.9 Å². The molecule has 3 nitrogen and oxygen atoms in total. The van der Waals surface area contributed by atoms with Crippen LogP contribution in [0.4, 0.5) is 0 Å². The molecular formula is C24H39NO2. The lowest BCUT2D eigenvalue weighted by Gasteiger charge is -2.48. The third-order valence-corrected chi connectivity index (χ3v) is 7.17. The molecule has 3 rings (SSSR count). The van der Waals surface area contributed by atoms with Crippen LogP contribution in [0.5, 0.6) is 5.75 Å². The Balaban J connectivity index is 1.93. The normalized spacial score (nSPS) is 26.8. The summed E-state index contributed by atoms with van der Waals surface area (Å²) in [6.45, 7) is 13.5. The second-order valence-corrected chi connectivity index (χ2v) is 10.3. The van der Waals surface area contributed by atoms with Crippen molar-refractivity contribution in [2.24, 2.45) is 11.8 Å². The summed E-state index contributed by atoms with van der Waals surface area (Å²) in [5, 5.41) is 0. The van der Waals surface area contributed by atoms with E-state index in [4.69, 9.17) is 4.74 Å². The molecule has 3 atom stereocenters. The molecule has 1 saturated carbocycles. The Morgan fingerprint density at radius 1 is 1.22 bits per heavy atom. The third-order valence-electron chi connectivity index (χ3n) is 7.17. The van der Waals surface area contributed by atoms with Gasteiger partial charge in [-0.15, -0.1) is 0 Å². The molecule has 0 spiro atoms. The average Bonchev–Trinajstić information content (AvgIpc) is 2.57. The topological polar surface area (TPSA) is 42.1 Å². The molecule has 3 heteroatoms. The van der Waals surface area contributed by atoms with Crippen molar-refractivity contribution in [3.63, 3.8) is 0 Å². The van der Waals surface area contributed by atoms with Crippen LogP contribution < -0.4 is 10.3 Å². The molecule has 1 fully saturated rings. The molecule has 1 unspecified atom stereocenters. The Bertz CT molecular complexity index is 716. The van der Waals surface area contributed by atoms with Crippen molar-refractivity contribution in [2.45, 2.75) is 110 Å². The highest BCUT2D eigenvalue weighted by Crippen LogP contribution is 2.52. The first kappa shape index (κ1) is 20.5. The minimum Gasteiger partial charge on any atom is -0.487 e. The van der Waals surface area contributed by atoms with Gasteiger partial charge in [-0.2, -0.15) is 0 Å². The maximum atomic E-state index is 13.1. The molecule has 1 aliphatic heterocycles. The van der Waals surface area contributed by atoms with Crippen molar-refractivity contribution in [1.29, 1.82) is 0 Å². The Morgan fingerprint density at radius 2 is 1.96 bits per heavy atom. The molecule has 152 valence electrons. The lowest BCUT2D eigenvalue weighted by Crippen LogP contribution is -2.48. The van der Waals surface area contributed by atoms with Crippen molar-refractivity contribution < 1.29 is 4.74 Å². The van der Waals surface area contributed by atoms with Gasteiger partial charge in [0.25, 0.3) is 5.56 Å². The van der Waals surface area contributed by atoms with E-state index in [0.29, 0.717) is 17.8 Å². The van der Waals surface area contributed by atoms with E-state index >= 15 is 0 Å². The van der Waals surface area contributed by atoms with E-state index in [1.807, 2.05) is 0 Å². The molecule has 0 radical (unpaired) electrons. The Morgan fingerprint density at radius 3 is 2.67 bits per heavy atom. The number of rotatable bonds is 6. The fraction of sp³-hybridized carbons (Fsp3) is 0.792. The number of aromatic amines is 1. The van der Waals surface area contributed by atoms with E-state index in [1.165, 1.54) is 32.1 Å². The number of unbranched alkanes of at least 4 members (excludes halogenated alkanes) is 3. The van der Waals surface area contributed by atoms with Crippen molar-refractivity contribution in [3.05, 3.63) is 27.7 Å². The second-order valence-electron chi connectivity index (χ2n) is 10.3. The number of ether oxygens (including phenoxy) is 1. The van der Waals surface area contributed by atoms with Gasteiger partial charge in [-0.25, -0.2) is 0 Å². The van der Waals surface area contributed by atoms with Gasteiger partial charge < -0.3 is 9.72 Å². The lowest BCUT2D eigenvalue weighted by molar-refractivity contribution is -0.0145. The van der Waals surface area contributed by atoms with Gasteiger partial charge in [0.1, 0.15) is 11.4 Å². The zero-order valence-electron chi connectivity index (χ0n) is 18.3. The first-order valence-electron chi connectivity index (χ1n) is 11.1. The molecule has 1 aromatic rings. The monoisotopic (exact) mass is 373 g/mol. The van der Waals surface area contributed by atoms with Crippen LogP contribution in [-0.4, -0.2) is 10.6 Å². The number of nitrogens with one attached hydrogen (secondary N) is 1. The fourth-order valence-corrected chi connectivity index (χ4v) is 5.37. The van der Waals surface area contributed by atoms with Gasteiger partial charge in [0, 0.05) is 23.1 Å². The molecule has 1 N–H and O–H groups in total. The van der Waals surface area contributed by atoms with Crippen molar-refractivity contribution in [2.75, 3.05) is 0 Å². The summed E-state index contributed by atoms with van der Waals surface area (Å²) >= 11 is 0. The van der Waals surface area contributed by atoms with Gasteiger partial charge in [0.2, 0.25) is 0 Å². The molecule has 0 aromatic carbocycles. The highest BCUT2D eigenvalue weighted by Gasteiger charge is 2.47. The molecule has 2 heterocycles. The lowest BCUT2D eigenvalue weighted by atomic mass is 9.64. The van der Waals surface area contributed by atoms with Crippen LogP contribution in [0.1, 0.15) is 110 Å². The van der Waals surface area contributed by atoms with Crippen LogP contribution in [-0.2, 0) is 5.41 Å².